The zero-order valence-electron chi connectivity index (χ0n) is 10.8. The molecule has 0 bridgehead atoms. The molecule has 0 fully saturated rings. The van der Waals surface area contributed by atoms with E-state index in [2.05, 4.69) is 9.73 Å². The molecule has 0 radical (unpaired) electrons. The fraction of sp³-hybridized carbons (Fsp3) is 0.417. The summed E-state index contributed by atoms with van der Waals surface area (Å²) in [6, 6.07) is 1.69. The Morgan fingerprint density at radius 3 is 2.57 bits per heavy atom. The van der Waals surface area contributed by atoms with E-state index in [1.54, 1.807) is 0 Å². The van der Waals surface area contributed by atoms with Crippen LogP contribution < -0.4 is 11.5 Å². The van der Waals surface area contributed by atoms with Gasteiger partial charge in [-0.3, -0.25) is 0 Å². The molecule has 0 spiro atoms. The van der Waals surface area contributed by atoms with Crippen LogP contribution in [0.2, 0.25) is 5.02 Å². The lowest BCUT2D eigenvalue weighted by Crippen LogP contribution is -2.46. The number of nitrogens with zero attached hydrogens (tertiary/aromatic N) is 1. The van der Waals surface area contributed by atoms with Crippen LogP contribution in [-0.2, 0) is 10.3 Å². The normalized spacial score (nSPS) is 26.2. The number of rotatable bonds is 1. The molecule has 116 valence electrons. The van der Waals surface area contributed by atoms with Crippen molar-refractivity contribution in [3.63, 3.8) is 0 Å². The van der Waals surface area contributed by atoms with Crippen molar-refractivity contribution in [1.29, 1.82) is 0 Å². The first-order valence-electron chi connectivity index (χ1n) is 5.86. The average molecular weight is 326 g/mol. The molecule has 2 rings (SSSR count). The van der Waals surface area contributed by atoms with Crippen LogP contribution in [0.25, 0.3) is 0 Å². The van der Waals surface area contributed by atoms with Gasteiger partial charge in [-0.25, -0.2) is 9.38 Å². The Morgan fingerprint density at radius 1 is 1.38 bits per heavy atom. The Labute approximate surface area is 122 Å². The second-order valence-electron chi connectivity index (χ2n) is 4.94. The van der Waals surface area contributed by atoms with E-state index < -0.39 is 36.1 Å². The number of amidine groups is 1. The van der Waals surface area contributed by atoms with Gasteiger partial charge >= 0.3 is 6.18 Å². The topological polar surface area (TPSA) is 73.6 Å². The van der Waals surface area contributed by atoms with Crippen molar-refractivity contribution in [1.82, 2.24) is 0 Å². The van der Waals surface area contributed by atoms with Gasteiger partial charge in [0.2, 0.25) is 0 Å². The summed E-state index contributed by atoms with van der Waals surface area (Å²) in [5.74, 6) is -0.882. The SMILES string of the molecule is C[C@@]1(c2cc(N)cc(Cl)c2F)C[C@@H](C(F)(F)F)OC(N)=N1. The molecule has 9 heteroatoms. The van der Waals surface area contributed by atoms with E-state index in [0.29, 0.717) is 0 Å². The van der Waals surface area contributed by atoms with Gasteiger partial charge in [0.1, 0.15) is 5.82 Å². The van der Waals surface area contributed by atoms with Crippen molar-refractivity contribution in [2.45, 2.75) is 31.2 Å². The lowest BCUT2D eigenvalue weighted by atomic mass is 9.85. The monoisotopic (exact) mass is 325 g/mol. The molecule has 1 heterocycles. The maximum atomic E-state index is 14.1. The van der Waals surface area contributed by atoms with E-state index >= 15 is 0 Å². The number of aliphatic imine (C=N–C) groups is 1. The molecule has 0 saturated carbocycles. The summed E-state index contributed by atoms with van der Waals surface area (Å²) >= 11 is 5.67. The molecular formula is C12H12ClF4N3O. The summed E-state index contributed by atoms with van der Waals surface area (Å²) in [5, 5.41) is -0.296. The van der Waals surface area contributed by atoms with Crippen molar-refractivity contribution < 1.29 is 22.3 Å². The van der Waals surface area contributed by atoms with Gasteiger partial charge in [0.15, 0.2) is 6.10 Å². The van der Waals surface area contributed by atoms with Crippen molar-refractivity contribution in [3.05, 3.63) is 28.5 Å². The average Bonchev–Trinajstić information content (AvgIpc) is 2.31. The summed E-state index contributed by atoms with van der Waals surface area (Å²) in [6.45, 7) is 1.31. The first-order valence-corrected chi connectivity index (χ1v) is 6.24. The van der Waals surface area contributed by atoms with Crippen LogP contribution in [0.4, 0.5) is 23.2 Å². The van der Waals surface area contributed by atoms with Crippen molar-refractivity contribution in [3.8, 4) is 0 Å². The molecule has 4 N–H and O–H groups in total. The summed E-state index contributed by atoms with van der Waals surface area (Å²) < 4.78 is 57.2. The fourth-order valence-electron chi connectivity index (χ4n) is 2.22. The number of hydrogen-bond acceptors (Lipinski definition) is 4. The minimum absolute atomic E-state index is 0.112. The van der Waals surface area contributed by atoms with Crippen LogP contribution in [0.1, 0.15) is 18.9 Å². The number of hydrogen-bond donors (Lipinski definition) is 2. The summed E-state index contributed by atoms with van der Waals surface area (Å²) in [5.41, 5.74) is 9.24. The fourth-order valence-corrected chi connectivity index (χ4v) is 2.45. The van der Waals surface area contributed by atoms with Crippen LogP contribution in [0.5, 0.6) is 0 Å². The molecule has 4 nitrogen and oxygen atoms in total. The maximum Gasteiger partial charge on any atom is 0.425 e. The molecule has 2 atom stereocenters. The molecule has 1 aromatic rings. The van der Waals surface area contributed by atoms with Crippen LogP contribution in [0.3, 0.4) is 0 Å². The van der Waals surface area contributed by atoms with Crippen molar-refractivity contribution in [2.24, 2.45) is 10.7 Å². The minimum atomic E-state index is -4.65. The zero-order chi connectivity index (χ0) is 16.0. The second-order valence-corrected chi connectivity index (χ2v) is 5.35. The van der Waals surface area contributed by atoms with E-state index in [1.807, 2.05) is 0 Å². The van der Waals surface area contributed by atoms with Crippen LogP contribution >= 0.6 is 11.6 Å². The number of alkyl halides is 3. The van der Waals surface area contributed by atoms with Gasteiger partial charge in [0.05, 0.1) is 10.6 Å². The highest BCUT2D eigenvalue weighted by atomic mass is 35.5. The van der Waals surface area contributed by atoms with Gasteiger partial charge in [0, 0.05) is 17.7 Å². The Balaban J connectivity index is 2.53. The number of benzene rings is 1. The number of ether oxygens (including phenoxy) is 1. The number of nitrogens with two attached hydrogens (primary N) is 2. The Hall–Kier alpha value is -1.70. The molecule has 1 aliphatic heterocycles. The minimum Gasteiger partial charge on any atom is -0.452 e. The Morgan fingerprint density at radius 2 is 2.00 bits per heavy atom. The van der Waals surface area contributed by atoms with E-state index in [-0.39, 0.29) is 16.3 Å². The number of nitrogen functional groups attached to an aromatic ring is 1. The molecule has 21 heavy (non-hydrogen) atoms. The standard InChI is InChI=1S/C12H12ClF4N3O/c1-11(6-2-5(18)3-7(13)9(6)14)4-8(12(15,16)17)21-10(19)20-11/h2-3,8H,4,18H2,1H3,(H2,19,20)/t8-,11-/m0/s1. The van der Waals surface area contributed by atoms with Gasteiger partial charge in [-0.05, 0) is 19.1 Å². The Bertz CT molecular complexity index is 605. The van der Waals surface area contributed by atoms with Crippen molar-refractivity contribution >= 4 is 23.3 Å². The van der Waals surface area contributed by atoms with Gasteiger partial charge in [-0.1, -0.05) is 11.6 Å². The largest absolute Gasteiger partial charge is 0.452 e. The first-order chi connectivity index (χ1) is 9.53. The van der Waals surface area contributed by atoms with Gasteiger partial charge in [-0.15, -0.1) is 0 Å². The highest BCUT2D eigenvalue weighted by Crippen LogP contribution is 2.42. The van der Waals surface area contributed by atoms with Crippen LogP contribution in [-0.4, -0.2) is 18.3 Å². The molecule has 1 aliphatic rings. The first kappa shape index (κ1) is 15.7. The van der Waals surface area contributed by atoms with E-state index in [4.69, 9.17) is 23.1 Å². The lowest BCUT2D eigenvalue weighted by Gasteiger charge is -2.36. The summed E-state index contributed by atoms with van der Waals surface area (Å²) in [6.07, 6.45) is -7.46. The molecule has 0 aliphatic carbocycles. The van der Waals surface area contributed by atoms with E-state index in [1.165, 1.54) is 13.0 Å². The second kappa shape index (κ2) is 4.94. The van der Waals surface area contributed by atoms with Gasteiger partial charge < -0.3 is 16.2 Å². The molecule has 0 amide bonds. The Kier molecular flexibility index (Phi) is 3.69. The lowest BCUT2D eigenvalue weighted by molar-refractivity contribution is -0.208. The molecule has 0 unspecified atom stereocenters. The highest BCUT2D eigenvalue weighted by Gasteiger charge is 2.50. The van der Waals surface area contributed by atoms with Crippen molar-refractivity contribution in [2.75, 3.05) is 5.73 Å². The number of anilines is 1. The molecule has 0 saturated heterocycles. The van der Waals surface area contributed by atoms with Crippen LogP contribution in [0.15, 0.2) is 17.1 Å². The van der Waals surface area contributed by atoms with E-state index in [0.717, 1.165) is 6.07 Å². The van der Waals surface area contributed by atoms with Crippen LogP contribution in [0, 0.1) is 5.82 Å². The van der Waals surface area contributed by atoms with E-state index in [9.17, 15) is 17.6 Å². The third kappa shape index (κ3) is 2.99. The highest BCUT2D eigenvalue weighted by molar-refractivity contribution is 6.31. The predicted octanol–water partition coefficient (Wildman–Crippen LogP) is 2.94. The third-order valence-electron chi connectivity index (χ3n) is 3.20. The third-order valence-corrected chi connectivity index (χ3v) is 3.47. The summed E-state index contributed by atoms with van der Waals surface area (Å²) in [4.78, 5) is 3.81. The smallest absolute Gasteiger partial charge is 0.425 e. The molecule has 1 aromatic carbocycles. The quantitative estimate of drug-likeness (QED) is 0.616. The van der Waals surface area contributed by atoms with Gasteiger partial charge in [-0.2, -0.15) is 13.2 Å². The van der Waals surface area contributed by atoms with Gasteiger partial charge in [0.25, 0.3) is 6.02 Å². The molecular weight excluding hydrogens is 314 g/mol. The number of halogens is 5. The molecule has 0 aromatic heterocycles. The zero-order valence-corrected chi connectivity index (χ0v) is 11.6. The predicted molar refractivity (Wildman–Crippen MR) is 70.3 cm³/mol. The maximum absolute atomic E-state index is 14.1. The summed E-state index contributed by atoms with van der Waals surface area (Å²) in [7, 11) is 0.